The lowest BCUT2D eigenvalue weighted by Gasteiger charge is -2.15. The smallest absolute Gasteiger partial charge is 0.372 e. The molecule has 0 heterocycles. The number of alkyl halides is 4. The van der Waals surface area contributed by atoms with Gasteiger partial charge in [0.05, 0.1) is 0 Å². The quantitative estimate of drug-likeness (QED) is 0.501. The average Bonchev–Trinajstić information content (AvgIpc) is 2.32. The Morgan fingerprint density at radius 3 is 2.63 bits per heavy atom. The Morgan fingerprint density at radius 1 is 1.32 bits per heavy atom. The molecule has 0 bridgehead atoms. The Hall–Kier alpha value is -0.260. The van der Waals surface area contributed by atoms with Gasteiger partial charge in [-0.1, -0.05) is 28.1 Å². The third-order valence-corrected chi connectivity index (χ3v) is 3.50. The molecule has 19 heavy (non-hydrogen) atoms. The molecule has 0 amide bonds. The summed E-state index contributed by atoms with van der Waals surface area (Å²) in [6.45, 7) is -1.12. The van der Waals surface area contributed by atoms with E-state index in [0.717, 1.165) is 16.5 Å². The molecule has 0 aliphatic carbocycles. The molecule has 1 aromatic carbocycles. The van der Waals surface area contributed by atoms with Crippen molar-refractivity contribution in [3.05, 3.63) is 34.3 Å². The number of rotatable bonds is 7. The Labute approximate surface area is 124 Å². The summed E-state index contributed by atoms with van der Waals surface area (Å²) >= 11 is 9.21. The largest absolute Gasteiger partial charge is 0.411 e. The van der Waals surface area contributed by atoms with Gasteiger partial charge in [0.2, 0.25) is 0 Å². The van der Waals surface area contributed by atoms with Crippen LogP contribution in [0.3, 0.4) is 0 Å². The van der Waals surface area contributed by atoms with E-state index in [1.807, 2.05) is 24.3 Å². The molecule has 0 aromatic heterocycles. The summed E-state index contributed by atoms with van der Waals surface area (Å²) in [4.78, 5) is 0. The third kappa shape index (κ3) is 7.80. The summed E-state index contributed by atoms with van der Waals surface area (Å²) in [5.41, 5.74) is 1.11. The maximum Gasteiger partial charge on any atom is 0.411 e. The lowest BCUT2D eigenvalue weighted by molar-refractivity contribution is -0.174. The van der Waals surface area contributed by atoms with Crippen molar-refractivity contribution in [1.82, 2.24) is 0 Å². The highest BCUT2D eigenvalue weighted by Crippen LogP contribution is 2.19. The van der Waals surface area contributed by atoms with Crippen LogP contribution in [0.1, 0.15) is 12.0 Å². The molecule has 0 radical (unpaired) electrons. The van der Waals surface area contributed by atoms with Gasteiger partial charge in [-0.15, -0.1) is 11.6 Å². The van der Waals surface area contributed by atoms with Crippen molar-refractivity contribution in [3.8, 4) is 0 Å². The van der Waals surface area contributed by atoms with Gasteiger partial charge in [-0.05, 0) is 36.5 Å². The molecule has 0 spiro atoms. The number of hydrogen-bond donors (Lipinski definition) is 0. The Bertz CT molecular complexity index is 384. The molecule has 1 aromatic rings. The van der Waals surface area contributed by atoms with E-state index in [1.54, 1.807) is 0 Å². The Morgan fingerprint density at radius 2 is 2.05 bits per heavy atom. The van der Waals surface area contributed by atoms with Crippen molar-refractivity contribution >= 4 is 27.5 Å². The minimum atomic E-state index is -4.26. The van der Waals surface area contributed by atoms with Gasteiger partial charge in [-0.25, -0.2) is 0 Å². The van der Waals surface area contributed by atoms with E-state index in [-0.39, 0.29) is 12.5 Å². The summed E-state index contributed by atoms with van der Waals surface area (Å²) in [6, 6.07) is 7.80. The van der Waals surface area contributed by atoms with Crippen LogP contribution in [0.25, 0.3) is 0 Å². The lowest BCUT2D eigenvalue weighted by Crippen LogP contribution is -2.19. The number of ether oxygens (including phenoxy) is 1. The van der Waals surface area contributed by atoms with Crippen molar-refractivity contribution in [2.24, 2.45) is 5.92 Å². The van der Waals surface area contributed by atoms with Crippen molar-refractivity contribution in [2.45, 2.75) is 19.0 Å². The van der Waals surface area contributed by atoms with E-state index >= 15 is 0 Å². The van der Waals surface area contributed by atoms with Crippen LogP contribution < -0.4 is 0 Å². The maximum atomic E-state index is 11.9. The lowest BCUT2D eigenvalue weighted by atomic mass is 9.98. The molecule has 0 fully saturated rings. The van der Waals surface area contributed by atoms with E-state index in [1.165, 1.54) is 0 Å². The molecule has 108 valence electrons. The molecule has 6 heteroatoms. The number of hydrogen-bond acceptors (Lipinski definition) is 1. The van der Waals surface area contributed by atoms with Crippen LogP contribution in [-0.4, -0.2) is 25.3 Å². The highest BCUT2D eigenvalue weighted by molar-refractivity contribution is 9.10. The van der Waals surface area contributed by atoms with Crippen LogP contribution in [-0.2, 0) is 11.2 Å². The summed E-state index contributed by atoms with van der Waals surface area (Å²) in [6.07, 6.45) is -3.01. The minimum Gasteiger partial charge on any atom is -0.372 e. The molecule has 0 saturated heterocycles. The molecule has 1 nitrogen and oxygen atoms in total. The second kappa shape index (κ2) is 8.12. The predicted molar refractivity (Wildman–Crippen MR) is 73.5 cm³/mol. The zero-order chi connectivity index (χ0) is 14.3. The van der Waals surface area contributed by atoms with E-state index in [2.05, 4.69) is 20.7 Å². The SMILES string of the molecule is FC(F)(F)COCCC(CCl)Cc1cccc(Br)c1. The average molecular weight is 360 g/mol. The topological polar surface area (TPSA) is 9.23 Å². The van der Waals surface area contributed by atoms with Gasteiger partial charge in [-0.3, -0.25) is 0 Å². The zero-order valence-electron chi connectivity index (χ0n) is 10.2. The first-order valence-corrected chi connectivity index (χ1v) is 7.18. The van der Waals surface area contributed by atoms with E-state index in [9.17, 15) is 13.2 Å². The first kappa shape index (κ1) is 16.8. The maximum absolute atomic E-state index is 11.9. The molecular weight excluding hydrogens is 344 g/mol. The van der Waals surface area contributed by atoms with Gasteiger partial charge in [0.25, 0.3) is 0 Å². The van der Waals surface area contributed by atoms with Gasteiger partial charge < -0.3 is 4.74 Å². The normalized spacial score (nSPS) is 13.5. The van der Waals surface area contributed by atoms with E-state index in [0.29, 0.717) is 12.3 Å². The molecule has 1 atom stereocenters. The van der Waals surface area contributed by atoms with E-state index < -0.39 is 12.8 Å². The molecular formula is C13H15BrClF3O. The molecule has 1 rings (SSSR count). The van der Waals surface area contributed by atoms with Crippen molar-refractivity contribution < 1.29 is 17.9 Å². The summed E-state index contributed by atoms with van der Waals surface area (Å²) in [5, 5.41) is 0. The minimum absolute atomic E-state index is 0.0743. The molecule has 0 N–H and O–H groups in total. The second-order valence-electron chi connectivity index (χ2n) is 4.31. The highest BCUT2D eigenvalue weighted by atomic mass is 79.9. The van der Waals surface area contributed by atoms with Gasteiger partial charge in [0.15, 0.2) is 0 Å². The molecule has 0 aliphatic rings. The van der Waals surface area contributed by atoms with Gasteiger partial charge >= 0.3 is 6.18 Å². The Kier molecular flexibility index (Phi) is 7.18. The van der Waals surface area contributed by atoms with Crippen LogP contribution >= 0.6 is 27.5 Å². The van der Waals surface area contributed by atoms with Gasteiger partial charge in [-0.2, -0.15) is 13.2 Å². The van der Waals surface area contributed by atoms with Crippen molar-refractivity contribution in [2.75, 3.05) is 19.1 Å². The first-order valence-electron chi connectivity index (χ1n) is 5.85. The van der Waals surface area contributed by atoms with Crippen molar-refractivity contribution in [3.63, 3.8) is 0 Å². The predicted octanol–water partition coefficient (Wildman–Crippen LogP) is 4.82. The fraction of sp³-hybridized carbons (Fsp3) is 0.538. The fourth-order valence-electron chi connectivity index (χ4n) is 1.67. The van der Waals surface area contributed by atoms with Gasteiger partial charge in [0.1, 0.15) is 6.61 Å². The summed E-state index contributed by atoms with van der Waals surface area (Å²) < 4.78 is 41.3. The fourth-order valence-corrected chi connectivity index (χ4v) is 2.38. The summed E-state index contributed by atoms with van der Waals surface area (Å²) in [5.74, 6) is 0.520. The first-order chi connectivity index (χ1) is 8.90. The summed E-state index contributed by atoms with van der Waals surface area (Å²) in [7, 11) is 0. The van der Waals surface area contributed by atoms with Crippen LogP contribution in [0.4, 0.5) is 13.2 Å². The molecule has 0 saturated carbocycles. The monoisotopic (exact) mass is 358 g/mol. The van der Waals surface area contributed by atoms with Crippen LogP contribution in [0.15, 0.2) is 28.7 Å². The van der Waals surface area contributed by atoms with Crippen LogP contribution in [0.5, 0.6) is 0 Å². The van der Waals surface area contributed by atoms with Gasteiger partial charge in [0, 0.05) is 17.0 Å². The van der Waals surface area contributed by atoms with Crippen LogP contribution in [0, 0.1) is 5.92 Å². The number of benzene rings is 1. The zero-order valence-corrected chi connectivity index (χ0v) is 12.6. The Balaban J connectivity index is 2.34. The van der Waals surface area contributed by atoms with E-state index in [4.69, 9.17) is 11.6 Å². The molecule has 0 aliphatic heterocycles. The molecule has 1 unspecified atom stereocenters. The highest BCUT2D eigenvalue weighted by Gasteiger charge is 2.27. The van der Waals surface area contributed by atoms with Crippen LogP contribution in [0.2, 0.25) is 0 Å². The standard InChI is InChI=1S/C13H15BrClF3O/c14-12-3-1-2-10(7-12)6-11(8-15)4-5-19-9-13(16,17)18/h1-3,7,11H,4-6,8-9H2. The second-order valence-corrected chi connectivity index (χ2v) is 5.54. The van der Waals surface area contributed by atoms with Crippen molar-refractivity contribution in [1.29, 1.82) is 0 Å². The number of halogens is 5. The third-order valence-electron chi connectivity index (χ3n) is 2.57.